The minimum Gasteiger partial charge on any atom is -0.0889 e. The molecule has 1 heteroatoms. The zero-order valence-corrected chi connectivity index (χ0v) is 12.0. The molecule has 0 bridgehead atoms. The normalized spacial score (nSPS) is 22.6. The van der Waals surface area contributed by atoms with E-state index in [0.29, 0.717) is 0 Å². The lowest BCUT2D eigenvalue weighted by Crippen LogP contribution is -2.08. The number of allylic oxidation sites excluding steroid dienone is 2. The van der Waals surface area contributed by atoms with Gasteiger partial charge in [0.05, 0.1) is 0 Å². The Labute approximate surface area is 92.6 Å². The maximum absolute atomic E-state index is 2.51. The molecular weight excluding hydrogens is 184 g/mol. The van der Waals surface area contributed by atoms with Crippen LogP contribution in [-0.4, -0.2) is 10.2 Å². The summed E-state index contributed by atoms with van der Waals surface area (Å²) < 4.78 is 0. The topological polar surface area (TPSA) is 0 Å². The second-order valence-corrected chi connectivity index (χ2v) is 5.53. The predicted molar refractivity (Wildman–Crippen MR) is 68.9 cm³/mol. The average Bonchev–Trinajstić information content (AvgIpc) is 2.21. The van der Waals surface area contributed by atoms with Crippen molar-refractivity contribution in [3.05, 3.63) is 11.6 Å². The van der Waals surface area contributed by atoms with Gasteiger partial charge in [0.1, 0.15) is 0 Å². The Morgan fingerprint density at radius 2 is 2.00 bits per heavy atom. The highest BCUT2D eigenvalue weighted by atomic mass is 28.1. The first-order valence-electron chi connectivity index (χ1n) is 6.54. The van der Waals surface area contributed by atoms with Crippen LogP contribution in [0.3, 0.4) is 0 Å². The van der Waals surface area contributed by atoms with Crippen LogP contribution in [0.15, 0.2) is 11.6 Å². The maximum Gasteiger partial charge on any atom is 0.00756 e. The van der Waals surface area contributed by atoms with E-state index in [-0.39, 0.29) is 0 Å². The summed E-state index contributed by atoms with van der Waals surface area (Å²) >= 11 is 0. The third-order valence-corrected chi connectivity index (χ3v) is 3.86. The van der Waals surface area contributed by atoms with Gasteiger partial charge in [0.15, 0.2) is 0 Å². The van der Waals surface area contributed by atoms with Crippen molar-refractivity contribution in [2.45, 2.75) is 64.3 Å². The zero-order valence-electron chi connectivity index (χ0n) is 10.0. The third-order valence-electron chi connectivity index (χ3n) is 3.46. The number of rotatable bonds is 5. The highest BCUT2D eigenvalue weighted by Gasteiger charge is 2.15. The van der Waals surface area contributed by atoms with Gasteiger partial charge in [-0.25, -0.2) is 0 Å². The van der Waals surface area contributed by atoms with Gasteiger partial charge in [-0.15, -0.1) is 0 Å². The van der Waals surface area contributed by atoms with Crippen molar-refractivity contribution in [1.82, 2.24) is 0 Å². The molecule has 0 radical (unpaired) electrons. The number of hydrogen-bond acceptors (Lipinski definition) is 0. The van der Waals surface area contributed by atoms with Crippen LogP contribution in [0.5, 0.6) is 0 Å². The SMILES string of the molecule is CCCCCC1CCC(=CC[SiH3])CC1. The first-order chi connectivity index (χ1) is 6.86. The van der Waals surface area contributed by atoms with Crippen LogP contribution < -0.4 is 0 Å². The Morgan fingerprint density at radius 3 is 2.57 bits per heavy atom. The molecular formula is C13H26Si. The first kappa shape index (κ1) is 12.0. The van der Waals surface area contributed by atoms with Crippen LogP contribution in [-0.2, 0) is 0 Å². The molecule has 0 N–H and O–H groups in total. The predicted octanol–water partition coefficient (Wildman–Crippen LogP) is 3.47. The molecule has 0 aromatic heterocycles. The molecule has 0 unspecified atom stereocenters. The fraction of sp³-hybridized carbons (Fsp3) is 0.846. The fourth-order valence-electron chi connectivity index (χ4n) is 2.51. The van der Waals surface area contributed by atoms with Crippen LogP contribution in [0.25, 0.3) is 0 Å². The van der Waals surface area contributed by atoms with E-state index >= 15 is 0 Å². The van der Waals surface area contributed by atoms with Crippen LogP contribution in [0.4, 0.5) is 0 Å². The molecule has 0 heterocycles. The molecule has 1 rings (SSSR count). The van der Waals surface area contributed by atoms with Crippen LogP contribution in [0.2, 0.25) is 6.04 Å². The van der Waals surface area contributed by atoms with Crippen molar-refractivity contribution in [3.63, 3.8) is 0 Å². The minimum atomic E-state index is 1.06. The highest BCUT2D eigenvalue weighted by molar-refractivity contribution is 6.09. The van der Waals surface area contributed by atoms with E-state index in [2.05, 4.69) is 13.0 Å². The van der Waals surface area contributed by atoms with E-state index in [4.69, 9.17) is 0 Å². The summed E-state index contributed by atoms with van der Waals surface area (Å²) in [5, 5.41) is 0. The van der Waals surface area contributed by atoms with Crippen LogP contribution in [0.1, 0.15) is 58.3 Å². The molecule has 0 spiro atoms. The molecule has 0 aromatic carbocycles. The fourth-order valence-corrected chi connectivity index (χ4v) is 3.09. The van der Waals surface area contributed by atoms with E-state index in [1.807, 2.05) is 0 Å². The van der Waals surface area contributed by atoms with Gasteiger partial charge in [-0.3, -0.25) is 0 Å². The van der Waals surface area contributed by atoms with E-state index in [0.717, 1.165) is 5.92 Å². The minimum absolute atomic E-state index is 1.06. The molecule has 1 fully saturated rings. The van der Waals surface area contributed by atoms with E-state index in [9.17, 15) is 0 Å². The molecule has 0 aromatic rings. The van der Waals surface area contributed by atoms with Gasteiger partial charge in [-0.1, -0.05) is 44.3 Å². The van der Waals surface area contributed by atoms with Crippen LogP contribution in [0, 0.1) is 5.92 Å². The second kappa shape index (κ2) is 7.28. The molecule has 0 nitrogen and oxygen atoms in total. The van der Waals surface area contributed by atoms with Crippen molar-refractivity contribution in [2.75, 3.05) is 0 Å². The molecule has 0 atom stereocenters. The zero-order chi connectivity index (χ0) is 10.2. The molecule has 0 saturated heterocycles. The largest absolute Gasteiger partial charge is 0.0889 e. The van der Waals surface area contributed by atoms with E-state index in [1.54, 1.807) is 5.57 Å². The van der Waals surface area contributed by atoms with Gasteiger partial charge in [0, 0.05) is 10.2 Å². The molecule has 14 heavy (non-hydrogen) atoms. The average molecular weight is 210 g/mol. The first-order valence-corrected chi connectivity index (χ1v) is 7.96. The Bertz CT molecular complexity index is 162. The highest BCUT2D eigenvalue weighted by Crippen LogP contribution is 2.31. The van der Waals surface area contributed by atoms with Gasteiger partial charge in [-0.05, 0) is 37.6 Å². The maximum atomic E-state index is 2.51. The second-order valence-electron chi connectivity index (χ2n) is 4.71. The standard InChI is InChI=1S/C13H26Si/c1-2-3-4-5-12-6-8-13(9-7-12)10-11-14/h10,12H,2-9,11H2,1,14H3. The van der Waals surface area contributed by atoms with Gasteiger partial charge < -0.3 is 0 Å². The van der Waals surface area contributed by atoms with Gasteiger partial charge in [0.2, 0.25) is 0 Å². The lowest BCUT2D eigenvalue weighted by atomic mass is 9.83. The molecule has 1 aliphatic carbocycles. The number of hydrogen-bond donors (Lipinski definition) is 0. The van der Waals surface area contributed by atoms with E-state index < -0.39 is 0 Å². The Hall–Kier alpha value is -0.0431. The third kappa shape index (κ3) is 4.45. The van der Waals surface area contributed by atoms with Crippen molar-refractivity contribution < 1.29 is 0 Å². The summed E-state index contributed by atoms with van der Waals surface area (Å²) in [5.74, 6) is 1.06. The van der Waals surface area contributed by atoms with Gasteiger partial charge in [0.25, 0.3) is 0 Å². The smallest absolute Gasteiger partial charge is 0.00756 e. The Kier molecular flexibility index (Phi) is 6.25. The van der Waals surface area contributed by atoms with Gasteiger partial charge in [-0.2, -0.15) is 0 Å². The monoisotopic (exact) mass is 210 g/mol. The summed E-state index contributed by atoms with van der Waals surface area (Å²) in [7, 11) is 1.34. The summed E-state index contributed by atoms with van der Waals surface area (Å²) in [5.41, 5.74) is 1.77. The summed E-state index contributed by atoms with van der Waals surface area (Å²) in [6, 6.07) is 1.37. The van der Waals surface area contributed by atoms with Crippen molar-refractivity contribution in [2.24, 2.45) is 5.92 Å². The molecule has 1 saturated carbocycles. The molecule has 82 valence electrons. The summed E-state index contributed by atoms with van der Waals surface area (Å²) in [6.45, 7) is 2.30. The number of unbranched alkanes of at least 4 members (excludes halogenated alkanes) is 2. The Balaban J connectivity index is 2.12. The summed E-state index contributed by atoms with van der Waals surface area (Å²) in [4.78, 5) is 0. The molecule has 1 aliphatic rings. The molecule has 0 amide bonds. The Morgan fingerprint density at radius 1 is 1.29 bits per heavy atom. The summed E-state index contributed by atoms with van der Waals surface area (Å²) in [6.07, 6.45) is 14.1. The van der Waals surface area contributed by atoms with Crippen molar-refractivity contribution in [3.8, 4) is 0 Å². The quantitative estimate of drug-likeness (QED) is 0.370. The van der Waals surface area contributed by atoms with Gasteiger partial charge >= 0.3 is 0 Å². The van der Waals surface area contributed by atoms with Crippen molar-refractivity contribution >= 4 is 10.2 Å². The molecule has 0 aliphatic heterocycles. The van der Waals surface area contributed by atoms with E-state index in [1.165, 1.54) is 67.7 Å². The van der Waals surface area contributed by atoms with Crippen molar-refractivity contribution in [1.29, 1.82) is 0 Å². The lowest BCUT2D eigenvalue weighted by molar-refractivity contribution is 0.369. The van der Waals surface area contributed by atoms with Crippen LogP contribution >= 0.6 is 0 Å². The lowest BCUT2D eigenvalue weighted by Gasteiger charge is -2.23.